The van der Waals surface area contributed by atoms with Crippen molar-refractivity contribution in [3.8, 4) is 5.69 Å². The van der Waals surface area contributed by atoms with Gasteiger partial charge in [-0.2, -0.15) is 0 Å². The molecule has 0 atom stereocenters. The first-order valence-corrected chi connectivity index (χ1v) is 14.7. The summed E-state index contributed by atoms with van der Waals surface area (Å²) >= 11 is 12.2. The maximum atomic E-state index is 13.7. The van der Waals surface area contributed by atoms with Gasteiger partial charge in [-0.05, 0) is 68.8 Å². The van der Waals surface area contributed by atoms with Crippen LogP contribution in [0.4, 0.5) is 5.69 Å². The highest BCUT2D eigenvalue weighted by Crippen LogP contribution is 2.27. The minimum atomic E-state index is -4.19. The Morgan fingerprint density at radius 3 is 2.25 bits per heavy atom. The summed E-state index contributed by atoms with van der Waals surface area (Å²) in [6.07, 6.45) is 0. The fourth-order valence-corrected chi connectivity index (χ4v) is 6.09. The number of hydrogen-bond acceptors (Lipinski definition) is 4. The van der Waals surface area contributed by atoms with Gasteiger partial charge in [-0.3, -0.25) is 18.6 Å². The second kappa shape index (κ2) is 11.5. The number of carbonyl (C=O) groups is 1. The summed E-state index contributed by atoms with van der Waals surface area (Å²) < 4.78 is 31.5. The van der Waals surface area contributed by atoms with Crippen molar-refractivity contribution in [2.24, 2.45) is 7.05 Å². The topological polar surface area (TPSA) is 84.6 Å². The van der Waals surface area contributed by atoms with Crippen molar-refractivity contribution in [1.29, 1.82) is 0 Å². The molecule has 0 radical (unpaired) electrons. The minimum Gasteiger partial charge on any atom is -0.332 e. The fourth-order valence-electron chi connectivity index (χ4n) is 4.47. The number of aromatic nitrogens is 2. The zero-order valence-electron chi connectivity index (χ0n) is 22.8. The lowest BCUT2D eigenvalue weighted by molar-refractivity contribution is 0.0690. The minimum absolute atomic E-state index is 0.0199. The van der Waals surface area contributed by atoms with Crippen LogP contribution in [0.2, 0.25) is 10.0 Å². The van der Waals surface area contributed by atoms with Gasteiger partial charge in [-0.1, -0.05) is 53.5 Å². The van der Waals surface area contributed by atoms with E-state index in [2.05, 4.69) is 0 Å². The Hall–Kier alpha value is -3.53. The van der Waals surface area contributed by atoms with Crippen LogP contribution in [0.15, 0.2) is 82.5 Å². The molecule has 0 spiro atoms. The first-order valence-electron chi connectivity index (χ1n) is 12.5. The van der Waals surface area contributed by atoms with Crippen LogP contribution >= 0.6 is 23.2 Å². The van der Waals surface area contributed by atoms with E-state index in [0.717, 1.165) is 9.87 Å². The Morgan fingerprint density at radius 1 is 0.950 bits per heavy atom. The quantitative estimate of drug-likeness (QED) is 0.261. The largest absolute Gasteiger partial charge is 0.332 e. The number of nitrogens with zero attached hydrogens (tertiary/aromatic N) is 4. The third-order valence-corrected chi connectivity index (χ3v) is 9.29. The van der Waals surface area contributed by atoms with E-state index in [9.17, 15) is 18.0 Å². The van der Waals surface area contributed by atoms with E-state index in [1.165, 1.54) is 29.9 Å². The van der Waals surface area contributed by atoms with Gasteiger partial charge >= 0.3 is 0 Å². The molecule has 210 valence electrons. The Kier molecular flexibility index (Phi) is 8.49. The number of halogens is 2. The van der Waals surface area contributed by atoms with E-state index < -0.39 is 15.6 Å². The van der Waals surface area contributed by atoms with Crippen LogP contribution in [0.25, 0.3) is 5.69 Å². The van der Waals surface area contributed by atoms with Crippen molar-refractivity contribution in [1.82, 2.24) is 14.3 Å². The van der Waals surface area contributed by atoms with Crippen LogP contribution in [0.1, 0.15) is 35.5 Å². The molecule has 0 unspecified atom stereocenters. The van der Waals surface area contributed by atoms with Gasteiger partial charge in [0.1, 0.15) is 5.69 Å². The summed E-state index contributed by atoms with van der Waals surface area (Å²) in [5, 5.41) is 0.799. The molecule has 11 heteroatoms. The normalized spacial score (nSPS) is 11.6. The van der Waals surface area contributed by atoms with E-state index in [1.54, 1.807) is 72.1 Å². The van der Waals surface area contributed by atoms with Gasteiger partial charge in [-0.25, -0.2) is 13.1 Å². The smallest absolute Gasteiger partial charge is 0.296 e. The highest BCUT2D eigenvalue weighted by Gasteiger charge is 2.30. The number of anilines is 1. The number of sulfonamides is 1. The number of amides is 1. The fraction of sp³-hybridized carbons (Fsp3) is 0.241. The molecule has 0 saturated carbocycles. The maximum Gasteiger partial charge on any atom is 0.296 e. The number of hydrogen-bond donors (Lipinski definition) is 0. The second-order valence-electron chi connectivity index (χ2n) is 9.69. The molecule has 0 aliphatic rings. The zero-order chi connectivity index (χ0) is 29.4. The van der Waals surface area contributed by atoms with Gasteiger partial charge in [0.25, 0.3) is 21.5 Å². The average molecular weight is 602 g/mol. The van der Waals surface area contributed by atoms with E-state index >= 15 is 0 Å². The van der Waals surface area contributed by atoms with Crippen LogP contribution in [-0.2, 0) is 23.6 Å². The molecule has 0 N–H and O–H groups in total. The number of para-hydroxylation sites is 1. The van der Waals surface area contributed by atoms with Crippen molar-refractivity contribution >= 4 is 44.8 Å². The van der Waals surface area contributed by atoms with Gasteiger partial charge < -0.3 is 4.90 Å². The Morgan fingerprint density at radius 2 is 1.62 bits per heavy atom. The monoisotopic (exact) mass is 600 g/mol. The molecular formula is C29H30Cl2N4O4S. The van der Waals surface area contributed by atoms with E-state index in [1.807, 2.05) is 19.9 Å². The molecule has 0 bridgehead atoms. The van der Waals surface area contributed by atoms with Crippen LogP contribution in [0.3, 0.4) is 0 Å². The predicted molar refractivity (Wildman–Crippen MR) is 159 cm³/mol. The summed E-state index contributed by atoms with van der Waals surface area (Å²) in [5.41, 5.74) is 1.62. The summed E-state index contributed by atoms with van der Waals surface area (Å²) in [6, 6.07) is 19.8. The predicted octanol–water partition coefficient (Wildman–Crippen LogP) is 5.67. The van der Waals surface area contributed by atoms with Crippen molar-refractivity contribution in [3.63, 3.8) is 0 Å². The van der Waals surface area contributed by atoms with Crippen molar-refractivity contribution < 1.29 is 13.2 Å². The van der Waals surface area contributed by atoms with Crippen molar-refractivity contribution in [2.75, 3.05) is 11.4 Å². The number of rotatable bonds is 8. The molecule has 1 aromatic heterocycles. The molecule has 4 rings (SSSR count). The Balaban J connectivity index is 1.69. The van der Waals surface area contributed by atoms with Gasteiger partial charge in [0.05, 0.1) is 26.3 Å². The molecule has 0 aliphatic heterocycles. The molecule has 4 aromatic rings. The third kappa shape index (κ3) is 5.54. The first-order chi connectivity index (χ1) is 18.8. The molecule has 3 aromatic carbocycles. The molecule has 40 heavy (non-hydrogen) atoms. The van der Waals surface area contributed by atoms with E-state index in [-0.39, 0.29) is 34.6 Å². The van der Waals surface area contributed by atoms with E-state index in [0.29, 0.717) is 21.4 Å². The standard InChI is InChI=1S/C29H30Cl2N4O4S/c1-19(2)34(18-21-14-15-25(30)26(31)16-21)28(36)22-10-9-13-24(17-22)40(38,39)33(5)27-20(3)32(4)35(29(27)37)23-11-7-6-8-12-23/h6-17,19H,18H2,1-5H3. The summed E-state index contributed by atoms with van der Waals surface area (Å²) in [4.78, 5) is 28.5. The summed E-state index contributed by atoms with van der Waals surface area (Å²) in [6.45, 7) is 5.69. The molecule has 8 nitrogen and oxygen atoms in total. The zero-order valence-corrected chi connectivity index (χ0v) is 25.1. The molecule has 1 amide bonds. The molecule has 0 fully saturated rings. The lowest BCUT2D eigenvalue weighted by Gasteiger charge is -2.27. The molecular weight excluding hydrogens is 571 g/mol. The SMILES string of the molecule is Cc1c(N(C)S(=O)(=O)c2cccc(C(=O)N(Cc3ccc(Cl)c(Cl)c3)C(C)C)c2)c(=O)n(-c2ccccc2)n1C. The Labute approximate surface area is 244 Å². The number of benzene rings is 3. The lowest BCUT2D eigenvalue weighted by Crippen LogP contribution is -2.36. The van der Waals surface area contributed by atoms with Gasteiger partial charge in [-0.15, -0.1) is 0 Å². The van der Waals surface area contributed by atoms with Gasteiger partial charge in [0.2, 0.25) is 0 Å². The first kappa shape index (κ1) is 29.5. The average Bonchev–Trinajstić information content (AvgIpc) is 3.15. The van der Waals surface area contributed by atoms with E-state index in [4.69, 9.17) is 23.2 Å². The lowest BCUT2D eigenvalue weighted by atomic mass is 10.1. The Bertz CT molecular complexity index is 1730. The van der Waals surface area contributed by atoms with Gasteiger partial charge in [0, 0.05) is 32.2 Å². The third-order valence-electron chi connectivity index (χ3n) is 6.80. The molecule has 0 aliphatic carbocycles. The van der Waals surface area contributed by atoms with Crippen molar-refractivity contribution in [2.45, 2.75) is 38.3 Å². The molecule has 0 saturated heterocycles. The highest BCUT2D eigenvalue weighted by molar-refractivity contribution is 7.92. The summed E-state index contributed by atoms with van der Waals surface area (Å²) in [5.74, 6) is -0.344. The second-order valence-corrected chi connectivity index (χ2v) is 12.5. The van der Waals surface area contributed by atoms with Crippen LogP contribution in [0, 0.1) is 6.92 Å². The maximum absolute atomic E-state index is 13.7. The highest BCUT2D eigenvalue weighted by atomic mass is 35.5. The van der Waals surface area contributed by atoms with Gasteiger partial charge in [0.15, 0.2) is 0 Å². The van der Waals surface area contributed by atoms with Crippen LogP contribution in [-0.4, -0.2) is 41.7 Å². The molecule has 1 heterocycles. The van der Waals surface area contributed by atoms with Crippen LogP contribution in [0.5, 0.6) is 0 Å². The number of carbonyl (C=O) groups excluding carboxylic acids is 1. The van der Waals surface area contributed by atoms with Crippen molar-refractivity contribution in [3.05, 3.63) is 110 Å². The van der Waals surface area contributed by atoms with Crippen LogP contribution < -0.4 is 9.86 Å². The summed E-state index contributed by atoms with van der Waals surface area (Å²) in [7, 11) is -1.15.